The molecule has 96 valence electrons. The fourth-order valence-electron chi connectivity index (χ4n) is 1.48. The molecule has 0 saturated heterocycles. The summed E-state index contributed by atoms with van der Waals surface area (Å²) < 4.78 is 2.76. The number of benzene rings is 1. The van der Waals surface area contributed by atoms with E-state index < -0.39 is 0 Å². The number of hydrogen-bond donors (Lipinski definition) is 1. The number of aryl methyl sites for hydroxylation is 1. The first-order valence-electron chi connectivity index (χ1n) is 5.22. The van der Waals surface area contributed by atoms with Gasteiger partial charge >= 0.3 is 0 Å². The van der Waals surface area contributed by atoms with Crippen molar-refractivity contribution >= 4 is 44.8 Å². The van der Waals surface area contributed by atoms with Gasteiger partial charge in [0.05, 0.1) is 22.3 Å². The standard InChI is InChI=1S/C11H11BrCl2N4/c1-6-16-17-10(18(6)2)5-15-11-8(13)3-7(12)4-9(11)14/h3-4,15H,5H2,1-2H3. The fourth-order valence-corrected chi connectivity index (χ4v) is 2.83. The molecule has 0 bridgehead atoms. The van der Waals surface area contributed by atoms with E-state index in [1.807, 2.05) is 18.5 Å². The molecule has 0 atom stereocenters. The molecular formula is C11H11BrCl2N4. The molecule has 0 aliphatic carbocycles. The summed E-state index contributed by atoms with van der Waals surface area (Å²) in [5.41, 5.74) is 0.696. The van der Waals surface area contributed by atoms with Crippen molar-refractivity contribution in [2.75, 3.05) is 5.32 Å². The predicted molar refractivity (Wildman–Crippen MR) is 77.2 cm³/mol. The highest BCUT2D eigenvalue weighted by Crippen LogP contribution is 2.33. The van der Waals surface area contributed by atoms with E-state index in [1.54, 1.807) is 12.1 Å². The van der Waals surface area contributed by atoms with Crippen LogP contribution in [0.3, 0.4) is 0 Å². The third-order valence-corrected chi connectivity index (χ3v) is 3.67. The molecule has 2 rings (SSSR count). The van der Waals surface area contributed by atoms with E-state index in [-0.39, 0.29) is 0 Å². The number of hydrogen-bond acceptors (Lipinski definition) is 3. The summed E-state index contributed by atoms with van der Waals surface area (Å²) in [5, 5.41) is 12.3. The van der Waals surface area contributed by atoms with Gasteiger partial charge in [-0.05, 0) is 19.1 Å². The summed E-state index contributed by atoms with van der Waals surface area (Å²) >= 11 is 15.6. The van der Waals surface area contributed by atoms with Crippen molar-refractivity contribution in [1.82, 2.24) is 14.8 Å². The SMILES string of the molecule is Cc1nnc(CNc2c(Cl)cc(Br)cc2Cl)n1C. The highest BCUT2D eigenvalue weighted by atomic mass is 79.9. The minimum absolute atomic E-state index is 0.512. The van der Waals surface area contributed by atoms with Gasteiger partial charge in [0.15, 0.2) is 5.82 Å². The highest BCUT2D eigenvalue weighted by Gasteiger charge is 2.09. The van der Waals surface area contributed by atoms with Gasteiger partial charge in [0.1, 0.15) is 5.82 Å². The van der Waals surface area contributed by atoms with Crippen LogP contribution in [-0.4, -0.2) is 14.8 Å². The summed E-state index contributed by atoms with van der Waals surface area (Å²) in [6.07, 6.45) is 0. The number of nitrogens with one attached hydrogen (secondary N) is 1. The molecule has 0 aliphatic rings. The second-order valence-corrected chi connectivity index (χ2v) is 5.55. The van der Waals surface area contributed by atoms with Crippen LogP contribution in [0.5, 0.6) is 0 Å². The van der Waals surface area contributed by atoms with Gasteiger partial charge in [-0.3, -0.25) is 0 Å². The van der Waals surface area contributed by atoms with Crippen molar-refractivity contribution in [3.63, 3.8) is 0 Å². The van der Waals surface area contributed by atoms with E-state index in [2.05, 4.69) is 31.4 Å². The molecule has 2 aromatic rings. The smallest absolute Gasteiger partial charge is 0.152 e. The van der Waals surface area contributed by atoms with Crippen LogP contribution in [0.15, 0.2) is 16.6 Å². The van der Waals surface area contributed by atoms with Crippen LogP contribution in [0.25, 0.3) is 0 Å². The topological polar surface area (TPSA) is 42.7 Å². The number of anilines is 1. The summed E-state index contributed by atoms with van der Waals surface area (Å²) in [5.74, 6) is 1.68. The van der Waals surface area contributed by atoms with Crippen molar-refractivity contribution in [3.05, 3.63) is 38.3 Å². The lowest BCUT2D eigenvalue weighted by molar-refractivity contribution is 0.789. The molecule has 0 spiro atoms. The summed E-state index contributed by atoms with van der Waals surface area (Å²) in [4.78, 5) is 0. The molecule has 7 heteroatoms. The zero-order valence-electron chi connectivity index (χ0n) is 9.84. The van der Waals surface area contributed by atoms with Gasteiger partial charge in [0, 0.05) is 11.5 Å². The zero-order chi connectivity index (χ0) is 13.3. The molecule has 0 saturated carbocycles. The van der Waals surface area contributed by atoms with Crippen molar-refractivity contribution in [2.45, 2.75) is 13.5 Å². The maximum Gasteiger partial charge on any atom is 0.152 e. The van der Waals surface area contributed by atoms with Crippen LogP contribution in [-0.2, 0) is 13.6 Å². The number of nitrogens with zero attached hydrogens (tertiary/aromatic N) is 3. The van der Waals surface area contributed by atoms with Crippen LogP contribution >= 0.6 is 39.1 Å². The van der Waals surface area contributed by atoms with Crippen LogP contribution < -0.4 is 5.32 Å². The lowest BCUT2D eigenvalue weighted by atomic mass is 10.3. The first kappa shape index (κ1) is 13.6. The van der Waals surface area contributed by atoms with Gasteiger partial charge < -0.3 is 9.88 Å². The van der Waals surface area contributed by atoms with E-state index in [4.69, 9.17) is 23.2 Å². The van der Waals surface area contributed by atoms with Gasteiger partial charge in [-0.1, -0.05) is 39.1 Å². The van der Waals surface area contributed by atoms with Crippen molar-refractivity contribution in [2.24, 2.45) is 7.05 Å². The van der Waals surface area contributed by atoms with Crippen molar-refractivity contribution < 1.29 is 0 Å². The van der Waals surface area contributed by atoms with E-state index in [0.29, 0.717) is 22.3 Å². The van der Waals surface area contributed by atoms with E-state index in [0.717, 1.165) is 16.1 Å². The van der Waals surface area contributed by atoms with Crippen molar-refractivity contribution in [3.8, 4) is 0 Å². The molecule has 0 amide bonds. The molecule has 0 radical (unpaired) electrons. The Morgan fingerprint density at radius 1 is 1.28 bits per heavy atom. The predicted octanol–water partition coefficient (Wildman–Crippen LogP) is 3.80. The first-order chi connectivity index (χ1) is 8.49. The Kier molecular flexibility index (Phi) is 4.14. The molecule has 1 N–H and O–H groups in total. The van der Waals surface area contributed by atoms with Gasteiger partial charge in [-0.25, -0.2) is 0 Å². The van der Waals surface area contributed by atoms with Crippen LogP contribution in [0.2, 0.25) is 10.0 Å². The molecular weight excluding hydrogens is 339 g/mol. The van der Waals surface area contributed by atoms with Crippen LogP contribution in [0, 0.1) is 6.92 Å². The third-order valence-electron chi connectivity index (χ3n) is 2.61. The molecule has 1 heterocycles. The Labute approximate surface area is 123 Å². The van der Waals surface area contributed by atoms with E-state index in [9.17, 15) is 0 Å². The van der Waals surface area contributed by atoms with Gasteiger partial charge in [0.2, 0.25) is 0 Å². The molecule has 18 heavy (non-hydrogen) atoms. The molecule has 4 nitrogen and oxygen atoms in total. The van der Waals surface area contributed by atoms with Gasteiger partial charge in [-0.15, -0.1) is 10.2 Å². The zero-order valence-corrected chi connectivity index (χ0v) is 12.9. The van der Waals surface area contributed by atoms with Gasteiger partial charge in [-0.2, -0.15) is 0 Å². The number of rotatable bonds is 3. The van der Waals surface area contributed by atoms with E-state index >= 15 is 0 Å². The Balaban J connectivity index is 2.18. The Morgan fingerprint density at radius 2 is 1.89 bits per heavy atom. The van der Waals surface area contributed by atoms with E-state index in [1.165, 1.54) is 0 Å². The van der Waals surface area contributed by atoms with Crippen LogP contribution in [0.1, 0.15) is 11.6 Å². The number of aromatic nitrogens is 3. The summed E-state index contributed by atoms with van der Waals surface area (Å²) in [7, 11) is 1.91. The third kappa shape index (κ3) is 2.79. The minimum Gasteiger partial charge on any atom is -0.375 e. The Morgan fingerprint density at radius 3 is 2.39 bits per heavy atom. The molecule has 0 fully saturated rings. The quantitative estimate of drug-likeness (QED) is 0.916. The minimum atomic E-state index is 0.512. The lowest BCUT2D eigenvalue weighted by Gasteiger charge is -2.10. The molecule has 1 aromatic carbocycles. The maximum absolute atomic E-state index is 6.13. The Hall–Kier alpha value is -0.780. The second kappa shape index (κ2) is 5.47. The molecule has 0 unspecified atom stereocenters. The molecule has 1 aromatic heterocycles. The normalized spacial score (nSPS) is 10.7. The van der Waals surface area contributed by atoms with Crippen LogP contribution in [0.4, 0.5) is 5.69 Å². The first-order valence-corrected chi connectivity index (χ1v) is 6.77. The summed E-state index contributed by atoms with van der Waals surface area (Å²) in [6, 6.07) is 3.58. The van der Waals surface area contributed by atoms with Crippen molar-refractivity contribution in [1.29, 1.82) is 0 Å². The average molecular weight is 350 g/mol. The summed E-state index contributed by atoms with van der Waals surface area (Å²) in [6.45, 7) is 2.41. The number of halogens is 3. The Bertz CT molecular complexity index is 559. The highest BCUT2D eigenvalue weighted by molar-refractivity contribution is 9.10. The van der Waals surface area contributed by atoms with Gasteiger partial charge in [0.25, 0.3) is 0 Å². The maximum atomic E-state index is 6.13. The largest absolute Gasteiger partial charge is 0.375 e. The second-order valence-electron chi connectivity index (χ2n) is 3.82. The molecule has 0 aliphatic heterocycles. The monoisotopic (exact) mass is 348 g/mol. The fraction of sp³-hybridized carbons (Fsp3) is 0.273. The lowest BCUT2D eigenvalue weighted by Crippen LogP contribution is -2.07. The average Bonchev–Trinajstić information content (AvgIpc) is 2.59.